The van der Waals surface area contributed by atoms with Gasteiger partial charge in [-0.3, -0.25) is 4.98 Å². The molecule has 0 aliphatic carbocycles. The zero-order valence-electron chi connectivity index (χ0n) is 12.9. The van der Waals surface area contributed by atoms with Gasteiger partial charge in [-0.1, -0.05) is 6.07 Å². The van der Waals surface area contributed by atoms with Gasteiger partial charge in [0.1, 0.15) is 0 Å². The zero-order chi connectivity index (χ0) is 14.7. The van der Waals surface area contributed by atoms with Crippen molar-refractivity contribution in [2.45, 2.75) is 50.7 Å². The minimum absolute atomic E-state index is 0.254. The fraction of sp³-hybridized carbons (Fsp3) is 0.706. The van der Waals surface area contributed by atoms with Gasteiger partial charge in [-0.25, -0.2) is 0 Å². The average molecular weight is 290 g/mol. The predicted octanol–water partition coefficient (Wildman–Crippen LogP) is 1.94. The van der Waals surface area contributed by atoms with Crippen LogP contribution in [0.15, 0.2) is 18.2 Å². The molecule has 0 radical (unpaired) electrons. The van der Waals surface area contributed by atoms with Crippen molar-refractivity contribution in [3.05, 3.63) is 29.6 Å². The largest absolute Gasteiger partial charge is 0.390 e. The van der Waals surface area contributed by atoms with Crippen LogP contribution in [0.3, 0.4) is 0 Å². The number of hydrogen-bond donors (Lipinski definition) is 1. The van der Waals surface area contributed by atoms with Gasteiger partial charge >= 0.3 is 0 Å². The summed E-state index contributed by atoms with van der Waals surface area (Å²) >= 11 is 0. The molecule has 0 amide bonds. The Labute approximate surface area is 127 Å². The van der Waals surface area contributed by atoms with Gasteiger partial charge in [-0.05, 0) is 44.7 Å². The molecule has 2 aliphatic rings. The van der Waals surface area contributed by atoms with Crippen molar-refractivity contribution in [1.29, 1.82) is 0 Å². The van der Waals surface area contributed by atoms with Crippen LogP contribution in [0.5, 0.6) is 0 Å². The molecule has 0 unspecified atom stereocenters. The molecule has 2 fully saturated rings. The smallest absolute Gasteiger partial charge is 0.0964 e. The van der Waals surface area contributed by atoms with Crippen molar-refractivity contribution in [2.75, 3.05) is 26.2 Å². The monoisotopic (exact) mass is 290 g/mol. The third-order valence-electron chi connectivity index (χ3n) is 4.95. The second-order valence-electron chi connectivity index (χ2n) is 6.43. The fourth-order valence-corrected chi connectivity index (χ4v) is 3.56. The molecule has 1 N–H and O–H groups in total. The summed E-state index contributed by atoms with van der Waals surface area (Å²) in [7, 11) is 0. The number of likely N-dealkylation sites (tertiary alicyclic amines) is 1. The molecule has 0 aromatic carbocycles. The van der Waals surface area contributed by atoms with E-state index in [1.165, 1.54) is 5.69 Å². The molecule has 1 spiro atoms. The van der Waals surface area contributed by atoms with Crippen molar-refractivity contribution in [3.63, 3.8) is 0 Å². The van der Waals surface area contributed by atoms with E-state index in [9.17, 15) is 5.11 Å². The Balaban J connectivity index is 1.49. The molecule has 0 saturated carbocycles. The second-order valence-corrected chi connectivity index (χ2v) is 6.43. The van der Waals surface area contributed by atoms with E-state index in [0.717, 1.165) is 64.0 Å². The standard InChI is InChI=1S/C17H26N2O2/c1-14-4-2-5-15(18-14)7-10-19-11-8-17(9-12-19)16(20)6-3-13-21-17/h2,4-5,16,20H,3,6-13H2,1H3/t16-/m1/s1. The highest BCUT2D eigenvalue weighted by atomic mass is 16.5. The Morgan fingerprint density at radius 1 is 1.38 bits per heavy atom. The number of piperidine rings is 1. The molecule has 3 rings (SSSR count). The number of aromatic nitrogens is 1. The number of hydrogen-bond acceptors (Lipinski definition) is 4. The van der Waals surface area contributed by atoms with E-state index in [2.05, 4.69) is 22.0 Å². The van der Waals surface area contributed by atoms with Crippen molar-refractivity contribution >= 4 is 0 Å². The average Bonchev–Trinajstić information content (AvgIpc) is 2.50. The highest BCUT2D eigenvalue weighted by Gasteiger charge is 2.43. The maximum atomic E-state index is 10.3. The highest BCUT2D eigenvalue weighted by Crippen LogP contribution is 2.35. The summed E-state index contributed by atoms with van der Waals surface area (Å²) in [6.45, 7) is 5.93. The Kier molecular flexibility index (Phi) is 4.57. The lowest BCUT2D eigenvalue weighted by Crippen LogP contribution is -2.55. The van der Waals surface area contributed by atoms with Gasteiger partial charge in [-0.2, -0.15) is 0 Å². The SMILES string of the molecule is Cc1cccc(CCN2CCC3(CC2)OCCC[C@H]3O)n1. The summed E-state index contributed by atoms with van der Waals surface area (Å²) in [5.41, 5.74) is 2.00. The number of pyridine rings is 1. The second kappa shape index (κ2) is 6.42. The topological polar surface area (TPSA) is 45.6 Å². The minimum atomic E-state index is -0.271. The van der Waals surface area contributed by atoms with Gasteiger partial charge in [0.25, 0.3) is 0 Å². The van der Waals surface area contributed by atoms with Crippen LogP contribution in [-0.4, -0.2) is 52.9 Å². The van der Waals surface area contributed by atoms with Crippen LogP contribution in [0.1, 0.15) is 37.1 Å². The van der Waals surface area contributed by atoms with Gasteiger partial charge < -0.3 is 14.7 Å². The van der Waals surface area contributed by atoms with Crippen molar-refractivity contribution in [1.82, 2.24) is 9.88 Å². The first-order valence-corrected chi connectivity index (χ1v) is 8.15. The van der Waals surface area contributed by atoms with E-state index >= 15 is 0 Å². The van der Waals surface area contributed by atoms with E-state index in [4.69, 9.17) is 4.74 Å². The van der Waals surface area contributed by atoms with Gasteiger partial charge in [0.05, 0.1) is 11.7 Å². The Hall–Kier alpha value is -0.970. The lowest BCUT2D eigenvalue weighted by Gasteiger charge is -2.46. The van der Waals surface area contributed by atoms with E-state index in [0.29, 0.717) is 0 Å². The molecular formula is C17H26N2O2. The summed E-state index contributed by atoms with van der Waals surface area (Å²) in [5, 5.41) is 10.3. The van der Waals surface area contributed by atoms with E-state index < -0.39 is 0 Å². The van der Waals surface area contributed by atoms with Gasteiger partial charge in [0, 0.05) is 44.0 Å². The maximum Gasteiger partial charge on any atom is 0.0964 e. The summed E-state index contributed by atoms with van der Waals surface area (Å²) in [6.07, 6.45) is 4.52. The molecule has 2 aliphatic heterocycles. The number of aliphatic hydroxyl groups excluding tert-OH is 1. The summed E-state index contributed by atoms with van der Waals surface area (Å²) in [6, 6.07) is 6.22. The normalized spacial score (nSPS) is 26.1. The summed E-state index contributed by atoms with van der Waals surface area (Å²) in [4.78, 5) is 7.03. The first-order chi connectivity index (χ1) is 10.2. The Morgan fingerprint density at radius 3 is 2.90 bits per heavy atom. The molecule has 1 aromatic rings. The molecule has 21 heavy (non-hydrogen) atoms. The lowest BCUT2D eigenvalue weighted by molar-refractivity contribution is -0.176. The molecular weight excluding hydrogens is 264 g/mol. The van der Waals surface area contributed by atoms with Crippen LogP contribution < -0.4 is 0 Å². The van der Waals surface area contributed by atoms with Crippen LogP contribution in [0, 0.1) is 6.92 Å². The Bertz CT molecular complexity index is 470. The van der Waals surface area contributed by atoms with Gasteiger partial charge in [0.15, 0.2) is 0 Å². The fourth-order valence-electron chi connectivity index (χ4n) is 3.56. The summed E-state index contributed by atoms with van der Waals surface area (Å²) in [5.74, 6) is 0. The number of aliphatic hydroxyl groups is 1. The van der Waals surface area contributed by atoms with Gasteiger partial charge in [-0.15, -0.1) is 0 Å². The van der Waals surface area contributed by atoms with Crippen LogP contribution in [-0.2, 0) is 11.2 Å². The lowest BCUT2D eigenvalue weighted by atomic mass is 9.82. The molecule has 4 heteroatoms. The summed E-state index contributed by atoms with van der Waals surface area (Å²) < 4.78 is 5.96. The number of nitrogens with zero attached hydrogens (tertiary/aromatic N) is 2. The predicted molar refractivity (Wildman–Crippen MR) is 82.3 cm³/mol. The highest BCUT2D eigenvalue weighted by molar-refractivity contribution is 5.10. The van der Waals surface area contributed by atoms with Crippen LogP contribution in [0.2, 0.25) is 0 Å². The maximum absolute atomic E-state index is 10.3. The molecule has 0 bridgehead atoms. The molecule has 2 saturated heterocycles. The number of ether oxygens (including phenoxy) is 1. The van der Waals surface area contributed by atoms with Crippen molar-refractivity contribution in [3.8, 4) is 0 Å². The van der Waals surface area contributed by atoms with E-state index in [-0.39, 0.29) is 11.7 Å². The van der Waals surface area contributed by atoms with E-state index in [1.807, 2.05) is 13.0 Å². The van der Waals surface area contributed by atoms with Crippen LogP contribution in [0.4, 0.5) is 0 Å². The molecule has 3 heterocycles. The third-order valence-corrected chi connectivity index (χ3v) is 4.95. The quantitative estimate of drug-likeness (QED) is 0.924. The molecule has 4 nitrogen and oxygen atoms in total. The van der Waals surface area contributed by atoms with Gasteiger partial charge in [0.2, 0.25) is 0 Å². The first kappa shape index (κ1) is 14.9. The van der Waals surface area contributed by atoms with Crippen molar-refractivity contribution < 1.29 is 9.84 Å². The van der Waals surface area contributed by atoms with Crippen LogP contribution in [0.25, 0.3) is 0 Å². The minimum Gasteiger partial charge on any atom is -0.390 e. The van der Waals surface area contributed by atoms with E-state index in [1.54, 1.807) is 0 Å². The van der Waals surface area contributed by atoms with Crippen molar-refractivity contribution in [2.24, 2.45) is 0 Å². The number of aryl methyl sites for hydroxylation is 1. The first-order valence-electron chi connectivity index (χ1n) is 8.15. The molecule has 1 aromatic heterocycles. The zero-order valence-corrected chi connectivity index (χ0v) is 12.9. The number of rotatable bonds is 3. The molecule has 116 valence electrons. The Morgan fingerprint density at radius 2 is 2.19 bits per heavy atom. The molecule has 1 atom stereocenters. The third kappa shape index (κ3) is 3.44. The van der Waals surface area contributed by atoms with Crippen LogP contribution >= 0.6 is 0 Å².